The van der Waals surface area contributed by atoms with Crippen LogP contribution in [0, 0.1) is 5.41 Å². The lowest BCUT2D eigenvalue weighted by molar-refractivity contribution is 0.171. The van der Waals surface area contributed by atoms with Gasteiger partial charge < -0.3 is 10.4 Å². The maximum Gasteiger partial charge on any atom is 0.240 e. The third-order valence-electron chi connectivity index (χ3n) is 2.38. The van der Waals surface area contributed by atoms with E-state index in [2.05, 4.69) is 5.32 Å². The molecule has 0 aliphatic rings. The summed E-state index contributed by atoms with van der Waals surface area (Å²) < 4.78 is 22.7. The zero-order chi connectivity index (χ0) is 13.1. The third kappa shape index (κ3) is 3.99. The number of para-hydroxylation sites is 1. The van der Waals surface area contributed by atoms with Crippen molar-refractivity contribution in [1.29, 1.82) is 0 Å². The molecule has 1 aromatic carbocycles. The Bertz CT molecular complexity index is 483. The van der Waals surface area contributed by atoms with E-state index >= 15 is 0 Å². The topological polar surface area (TPSA) is 92.4 Å². The fourth-order valence-corrected chi connectivity index (χ4v) is 1.97. The minimum absolute atomic E-state index is 0.0115. The number of hydrogen-bond donors (Lipinski definition) is 3. The lowest BCUT2D eigenvalue weighted by Crippen LogP contribution is -2.27. The van der Waals surface area contributed by atoms with Gasteiger partial charge in [0.25, 0.3) is 0 Å². The molecule has 0 fully saturated rings. The lowest BCUT2D eigenvalue weighted by atomic mass is 9.95. The molecule has 1 aromatic rings. The van der Waals surface area contributed by atoms with Crippen LogP contribution in [0.2, 0.25) is 0 Å². The summed E-state index contributed by atoms with van der Waals surface area (Å²) in [5.74, 6) is 0. The van der Waals surface area contributed by atoms with Gasteiger partial charge in [0.2, 0.25) is 10.0 Å². The second kappa shape index (κ2) is 5.03. The molecular weight excluding hydrogens is 240 g/mol. The first-order valence-corrected chi connectivity index (χ1v) is 6.77. The highest BCUT2D eigenvalue weighted by Crippen LogP contribution is 2.21. The number of benzene rings is 1. The van der Waals surface area contributed by atoms with Gasteiger partial charge in [-0.05, 0) is 12.1 Å². The van der Waals surface area contributed by atoms with E-state index < -0.39 is 10.0 Å². The lowest BCUT2D eigenvalue weighted by Gasteiger charge is -2.23. The van der Waals surface area contributed by atoms with E-state index in [0.29, 0.717) is 12.2 Å². The van der Waals surface area contributed by atoms with Crippen LogP contribution >= 0.6 is 0 Å². The van der Waals surface area contributed by atoms with Crippen molar-refractivity contribution in [2.75, 3.05) is 18.5 Å². The standard InChI is InChI=1S/C11H18N2O3S/c1-11(2,8-14)7-13-9-5-3-4-6-10(9)17(12,15)16/h3-6,13-14H,7-8H2,1-2H3,(H2,12,15,16). The Morgan fingerprint density at radius 2 is 1.94 bits per heavy atom. The molecule has 0 aliphatic heterocycles. The number of nitrogens with one attached hydrogen (secondary N) is 1. The Morgan fingerprint density at radius 3 is 2.47 bits per heavy atom. The molecule has 0 atom stereocenters. The third-order valence-corrected chi connectivity index (χ3v) is 3.35. The van der Waals surface area contributed by atoms with Gasteiger partial charge in [0.15, 0.2) is 0 Å². The van der Waals surface area contributed by atoms with Gasteiger partial charge in [-0.3, -0.25) is 0 Å². The van der Waals surface area contributed by atoms with Crippen molar-refractivity contribution >= 4 is 15.7 Å². The maximum atomic E-state index is 11.3. The molecule has 5 nitrogen and oxygen atoms in total. The Hall–Kier alpha value is -1.11. The van der Waals surface area contributed by atoms with Crippen LogP contribution < -0.4 is 10.5 Å². The Morgan fingerprint density at radius 1 is 1.35 bits per heavy atom. The van der Waals surface area contributed by atoms with Crippen molar-refractivity contribution in [3.8, 4) is 0 Å². The van der Waals surface area contributed by atoms with E-state index in [1.54, 1.807) is 18.2 Å². The Labute approximate surface area is 102 Å². The normalized spacial score (nSPS) is 12.5. The van der Waals surface area contributed by atoms with Crippen molar-refractivity contribution in [2.24, 2.45) is 10.6 Å². The van der Waals surface area contributed by atoms with Crippen molar-refractivity contribution in [3.63, 3.8) is 0 Å². The van der Waals surface area contributed by atoms with Crippen LogP contribution in [-0.2, 0) is 10.0 Å². The smallest absolute Gasteiger partial charge is 0.240 e. The summed E-state index contributed by atoms with van der Waals surface area (Å²) in [7, 11) is -3.73. The molecule has 0 aromatic heterocycles. The SMILES string of the molecule is CC(C)(CO)CNc1ccccc1S(N)(=O)=O. The summed E-state index contributed by atoms with van der Waals surface area (Å²) >= 11 is 0. The van der Waals surface area contributed by atoms with E-state index in [0.717, 1.165) is 0 Å². The van der Waals surface area contributed by atoms with E-state index in [4.69, 9.17) is 10.2 Å². The zero-order valence-corrected chi connectivity index (χ0v) is 10.8. The average Bonchev–Trinajstić information content (AvgIpc) is 2.26. The summed E-state index contributed by atoms with van der Waals surface area (Å²) in [5, 5.41) is 17.2. The zero-order valence-electron chi connectivity index (χ0n) is 9.97. The van der Waals surface area contributed by atoms with Crippen LogP contribution in [0.5, 0.6) is 0 Å². The van der Waals surface area contributed by atoms with Gasteiger partial charge >= 0.3 is 0 Å². The second-order valence-corrected chi connectivity index (χ2v) is 6.25. The van der Waals surface area contributed by atoms with E-state index in [-0.39, 0.29) is 16.9 Å². The summed E-state index contributed by atoms with van der Waals surface area (Å²) in [5.41, 5.74) is 0.127. The molecule has 0 spiro atoms. The van der Waals surface area contributed by atoms with Crippen LogP contribution in [0.4, 0.5) is 5.69 Å². The number of nitrogens with two attached hydrogens (primary N) is 1. The number of sulfonamides is 1. The molecule has 0 radical (unpaired) electrons. The summed E-state index contributed by atoms with van der Waals surface area (Å²) in [6, 6.07) is 6.43. The number of rotatable bonds is 5. The molecule has 6 heteroatoms. The number of aliphatic hydroxyl groups excluding tert-OH is 1. The quantitative estimate of drug-likeness (QED) is 0.727. The highest BCUT2D eigenvalue weighted by atomic mass is 32.2. The van der Waals surface area contributed by atoms with Crippen molar-refractivity contribution in [3.05, 3.63) is 24.3 Å². The predicted octanol–water partition coefficient (Wildman–Crippen LogP) is 0.764. The average molecular weight is 258 g/mol. The molecule has 4 N–H and O–H groups in total. The fraction of sp³-hybridized carbons (Fsp3) is 0.455. The van der Waals surface area contributed by atoms with Crippen molar-refractivity contribution in [2.45, 2.75) is 18.7 Å². The fourth-order valence-electron chi connectivity index (χ4n) is 1.25. The molecule has 0 amide bonds. The summed E-state index contributed by atoms with van der Waals surface area (Å²) in [6.07, 6.45) is 0. The van der Waals surface area contributed by atoms with Gasteiger partial charge in [0.05, 0.1) is 5.69 Å². The van der Waals surface area contributed by atoms with Crippen molar-refractivity contribution < 1.29 is 13.5 Å². The first kappa shape index (κ1) is 14.0. The van der Waals surface area contributed by atoms with Gasteiger partial charge in [-0.2, -0.15) is 0 Å². The molecule has 1 rings (SSSR count). The number of aliphatic hydroxyl groups is 1. The van der Waals surface area contributed by atoms with E-state index in [9.17, 15) is 8.42 Å². The molecule has 0 bridgehead atoms. The van der Waals surface area contributed by atoms with Gasteiger partial charge in [0.1, 0.15) is 4.90 Å². The molecule has 0 unspecified atom stereocenters. The van der Waals surface area contributed by atoms with Gasteiger partial charge in [0, 0.05) is 18.6 Å². The first-order chi connectivity index (χ1) is 7.76. The van der Waals surface area contributed by atoms with Gasteiger partial charge in [-0.15, -0.1) is 0 Å². The number of anilines is 1. The van der Waals surface area contributed by atoms with Crippen LogP contribution in [0.3, 0.4) is 0 Å². The minimum Gasteiger partial charge on any atom is -0.396 e. The highest BCUT2D eigenvalue weighted by Gasteiger charge is 2.18. The molecule has 0 heterocycles. The molecule has 17 heavy (non-hydrogen) atoms. The number of primary sulfonamides is 1. The molecule has 96 valence electrons. The molecule has 0 aliphatic carbocycles. The van der Waals surface area contributed by atoms with E-state index in [1.165, 1.54) is 6.07 Å². The summed E-state index contributed by atoms with van der Waals surface area (Å²) in [6.45, 7) is 4.21. The van der Waals surface area contributed by atoms with Gasteiger partial charge in [-0.25, -0.2) is 13.6 Å². The second-order valence-electron chi connectivity index (χ2n) is 4.72. The van der Waals surface area contributed by atoms with Crippen LogP contribution in [0.15, 0.2) is 29.2 Å². The van der Waals surface area contributed by atoms with Crippen LogP contribution in [0.25, 0.3) is 0 Å². The Balaban J connectivity index is 2.93. The largest absolute Gasteiger partial charge is 0.396 e. The van der Waals surface area contributed by atoms with Crippen LogP contribution in [0.1, 0.15) is 13.8 Å². The molecular formula is C11H18N2O3S. The monoisotopic (exact) mass is 258 g/mol. The first-order valence-electron chi connectivity index (χ1n) is 5.23. The van der Waals surface area contributed by atoms with Crippen molar-refractivity contribution in [1.82, 2.24) is 0 Å². The van der Waals surface area contributed by atoms with Gasteiger partial charge in [-0.1, -0.05) is 26.0 Å². The predicted molar refractivity (Wildman–Crippen MR) is 67.2 cm³/mol. The van der Waals surface area contributed by atoms with E-state index in [1.807, 2.05) is 13.8 Å². The maximum absolute atomic E-state index is 11.3. The minimum atomic E-state index is -3.73. The molecule has 0 saturated carbocycles. The molecule has 0 saturated heterocycles. The number of hydrogen-bond acceptors (Lipinski definition) is 4. The van der Waals surface area contributed by atoms with Crippen LogP contribution in [-0.4, -0.2) is 26.7 Å². The highest BCUT2D eigenvalue weighted by molar-refractivity contribution is 7.89. The summed E-state index contributed by atoms with van der Waals surface area (Å²) in [4.78, 5) is 0.0636. The Kier molecular flexibility index (Phi) is 4.13.